The van der Waals surface area contributed by atoms with Crippen molar-refractivity contribution in [1.82, 2.24) is 0 Å². The summed E-state index contributed by atoms with van der Waals surface area (Å²) in [6.07, 6.45) is 11.5. The molecule has 2 aliphatic rings. The standard InChI is InChI=1S/C15H24O/c1-15(2)10-8-13(9-11-15)14(16)12-6-4-3-5-7-12/h6,13H,3-5,7-11H2,1-2H3. The Morgan fingerprint density at radius 3 is 2.50 bits per heavy atom. The van der Waals surface area contributed by atoms with E-state index in [1.807, 2.05) is 0 Å². The summed E-state index contributed by atoms with van der Waals surface area (Å²) in [7, 11) is 0. The first-order chi connectivity index (χ1) is 7.58. The smallest absolute Gasteiger partial charge is 0.161 e. The normalized spacial score (nSPS) is 26.2. The Bertz CT molecular complexity index is 289. The Labute approximate surface area is 99.3 Å². The first kappa shape index (κ1) is 11.9. The van der Waals surface area contributed by atoms with Crippen molar-refractivity contribution in [3.63, 3.8) is 0 Å². The van der Waals surface area contributed by atoms with Gasteiger partial charge in [0.2, 0.25) is 0 Å². The number of hydrogen-bond donors (Lipinski definition) is 0. The lowest BCUT2D eigenvalue weighted by molar-refractivity contribution is -0.120. The van der Waals surface area contributed by atoms with Crippen LogP contribution >= 0.6 is 0 Å². The van der Waals surface area contributed by atoms with Crippen LogP contribution in [0.15, 0.2) is 11.6 Å². The largest absolute Gasteiger partial charge is 0.294 e. The summed E-state index contributed by atoms with van der Waals surface area (Å²) < 4.78 is 0. The van der Waals surface area contributed by atoms with Gasteiger partial charge in [0.1, 0.15) is 0 Å². The molecule has 16 heavy (non-hydrogen) atoms. The Morgan fingerprint density at radius 1 is 1.25 bits per heavy atom. The molecule has 1 fully saturated rings. The molecule has 0 spiro atoms. The molecule has 2 aliphatic carbocycles. The third-order valence-electron chi connectivity index (χ3n) is 4.32. The molecule has 1 heteroatoms. The van der Waals surface area contributed by atoms with Crippen LogP contribution in [0.3, 0.4) is 0 Å². The van der Waals surface area contributed by atoms with E-state index in [4.69, 9.17) is 0 Å². The highest BCUT2D eigenvalue weighted by Gasteiger charge is 2.31. The zero-order valence-electron chi connectivity index (χ0n) is 10.7. The van der Waals surface area contributed by atoms with Crippen molar-refractivity contribution >= 4 is 5.78 Å². The fraction of sp³-hybridized carbons (Fsp3) is 0.800. The minimum absolute atomic E-state index is 0.345. The molecule has 1 saturated carbocycles. The van der Waals surface area contributed by atoms with Crippen molar-refractivity contribution in [3.8, 4) is 0 Å². The first-order valence-corrected chi connectivity index (χ1v) is 6.82. The number of rotatable bonds is 2. The van der Waals surface area contributed by atoms with Crippen LogP contribution in [0.4, 0.5) is 0 Å². The molecule has 0 unspecified atom stereocenters. The van der Waals surface area contributed by atoms with Gasteiger partial charge in [0.15, 0.2) is 5.78 Å². The van der Waals surface area contributed by atoms with Gasteiger partial charge in [-0.2, -0.15) is 0 Å². The molecule has 0 aliphatic heterocycles. The SMILES string of the molecule is CC1(C)CCC(C(=O)C2=CCCCC2)CC1. The second-order valence-electron chi connectivity index (χ2n) is 6.28. The van der Waals surface area contributed by atoms with Gasteiger partial charge in [-0.05, 0) is 62.4 Å². The van der Waals surface area contributed by atoms with Crippen LogP contribution < -0.4 is 0 Å². The zero-order chi connectivity index (χ0) is 11.6. The van der Waals surface area contributed by atoms with Gasteiger partial charge >= 0.3 is 0 Å². The van der Waals surface area contributed by atoms with Gasteiger partial charge in [-0.25, -0.2) is 0 Å². The summed E-state index contributed by atoms with van der Waals surface area (Å²) in [5.74, 6) is 0.826. The van der Waals surface area contributed by atoms with Crippen molar-refractivity contribution in [2.24, 2.45) is 11.3 Å². The third kappa shape index (κ3) is 2.75. The average molecular weight is 220 g/mol. The van der Waals surface area contributed by atoms with Gasteiger partial charge < -0.3 is 0 Å². The van der Waals surface area contributed by atoms with Crippen LogP contribution in [0.2, 0.25) is 0 Å². The molecule has 90 valence electrons. The summed E-state index contributed by atoms with van der Waals surface area (Å²) in [5, 5.41) is 0. The van der Waals surface area contributed by atoms with Crippen LogP contribution in [0.25, 0.3) is 0 Å². The van der Waals surface area contributed by atoms with Crippen molar-refractivity contribution < 1.29 is 4.79 Å². The highest BCUT2D eigenvalue weighted by molar-refractivity contribution is 5.97. The minimum atomic E-state index is 0.345. The number of carbonyl (C=O) groups is 1. The lowest BCUT2D eigenvalue weighted by atomic mass is 9.71. The summed E-state index contributed by atoms with van der Waals surface area (Å²) in [6, 6.07) is 0. The van der Waals surface area contributed by atoms with E-state index in [0.29, 0.717) is 17.1 Å². The predicted octanol–water partition coefficient (Wildman–Crippen LogP) is 4.27. The molecule has 0 bridgehead atoms. The molecule has 0 aromatic rings. The van der Waals surface area contributed by atoms with Gasteiger partial charge in [-0.15, -0.1) is 0 Å². The highest BCUT2D eigenvalue weighted by atomic mass is 16.1. The molecule has 2 rings (SSSR count). The monoisotopic (exact) mass is 220 g/mol. The Kier molecular flexibility index (Phi) is 3.51. The third-order valence-corrected chi connectivity index (χ3v) is 4.32. The van der Waals surface area contributed by atoms with E-state index < -0.39 is 0 Å². The molecular weight excluding hydrogens is 196 g/mol. The van der Waals surface area contributed by atoms with Crippen molar-refractivity contribution in [3.05, 3.63) is 11.6 Å². The van der Waals surface area contributed by atoms with Gasteiger partial charge in [0, 0.05) is 5.92 Å². The molecule has 0 amide bonds. The number of Topliss-reactive ketones (excluding diaryl/α,β-unsaturated/α-hetero) is 1. The molecular formula is C15H24O. The average Bonchev–Trinajstić information content (AvgIpc) is 2.29. The maximum Gasteiger partial charge on any atom is 0.161 e. The lowest BCUT2D eigenvalue weighted by Crippen LogP contribution is -2.27. The van der Waals surface area contributed by atoms with Gasteiger partial charge in [0.05, 0.1) is 0 Å². The Hall–Kier alpha value is -0.590. The first-order valence-electron chi connectivity index (χ1n) is 6.82. The zero-order valence-corrected chi connectivity index (χ0v) is 10.7. The summed E-state index contributed by atoms with van der Waals surface area (Å²) in [4.78, 5) is 12.3. The van der Waals surface area contributed by atoms with Crippen LogP contribution in [0.1, 0.15) is 65.2 Å². The van der Waals surface area contributed by atoms with Crippen molar-refractivity contribution in [2.75, 3.05) is 0 Å². The van der Waals surface area contributed by atoms with Crippen molar-refractivity contribution in [1.29, 1.82) is 0 Å². The lowest BCUT2D eigenvalue weighted by Gasteiger charge is -2.34. The number of hydrogen-bond acceptors (Lipinski definition) is 1. The van der Waals surface area contributed by atoms with E-state index in [2.05, 4.69) is 19.9 Å². The number of allylic oxidation sites excluding steroid dienone is 2. The molecule has 0 heterocycles. The van der Waals surface area contributed by atoms with E-state index in [1.165, 1.54) is 25.7 Å². The van der Waals surface area contributed by atoms with E-state index in [-0.39, 0.29) is 0 Å². The quantitative estimate of drug-likeness (QED) is 0.679. The predicted molar refractivity (Wildman–Crippen MR) is 67.3 cm³/mol. The molecule has 0 saturated heterocycles. The minimum Gasteiger partial charge on any atom is -0.294 e. The molecule has 0 aromatic carbocycles. The van der Waals surface area contributed by atoms with E-state index in [0.717, 1.165) is 31.3 Å². The van der Waals surface area contributed by atoms with Gasteiger partial charge in [0.25, 0.3) is 0 Å². The highest BCUT2D eigenvalue weighted by Crippen LogP contribution is 2.39. The number of ketones is 1. The molecule has 0 N–H and O–H groups in total. The summed E-state index contributed by atoms with van der Waals surface area (Å²) >= 11 is 0. The van der Waals surface area contributed by atoms with Crippen molar-refractivity contribution in [2.45, 2.75) is 65.2 Å². The van der Waals surface area contributed by atoms with Gasteiger partial charge in [-0.3, -0.25) is 4.79 Å². The number of carbonyl (C=O) groups excluding carboxylic acids is 1. The van der Waals surface area contributed by atoms with E-state index in [1.54, 1.807) is 0 Å². The molecule has 0 atom stereocenters. The van der Waals surface area contributed by atoms with Crippen LogP contribution in [-0.4, -0.2) is 5.78 Å². The van der Waals surface area contributed by atoms with Gasteiger partial charge in [-0.1, -0.05) is 19.9 Å². The fourth-order valence-electron chi connectivity index (χ4n) is 2.99. The van der Waals surface area contributed by atoms with E-state index in [9.17, 15) is 4.79 Å². The van der Waals surface area contributed by atoms with Crippen LogP contribution in [-0.2, 0) is 4.79 Å². The van der Waals surface area contributed by atoms with E-state index >= 15 is 0 Å². The molecule has 0 radical (unpaired) electrons. The Morgan fingerprint density at radius 2 is 1.94 bits per heavy atom. The fourth-order valence-corrected chi connectivity index (χ4v) is 2.99. The second kappa shape index (κ2) is 4.73. The second-order valence-corrected chi connectivity index (χ2v) is 6.28. The Balaban J connectivity index is 1.93. The molecule has 1 nitrogen and oxygen atoms in total. The summed E-state index contributed by atoms with van der Waals surface area (Å²) in [5.41, 5.74) is 1.62. The van der Waals surface area contributed by atoms with Crippen LogP contribution in [0.5, 0.6) is 0 Å². The van der Waals surface area contributed by atoms with Crippen LogP contribution in [0, 0.1) is 11.3 Å². The topological polar surface area (TPSA) is 17.1 Å². The maximum absolute atomic E-state index is 12.3. The summed E-state index contributed by atoms with van der Waals surface area (Å²) in [6.45, 7) is 4.65. The molecule has 0 aromatic heterocycles. The maximum atomic E-state index is 12.3.